The first kappa shape index (κ1) is 12.2. The highest BCUT2D eigenvalue weighted by atomic mass is 19.1. The number of amides is 2. The summed E-state index contributed by atoms with van der Waals surface area (Å²) >= 11 is 0. The lowest BCUT2D eigenvalue weighted by Gasteiger charge is -2.04. The van der Waals surface area contributed by atoms with Gasteiger partial charge in [0, 0.05) is 12.7 Å². The molecule has 0 fully saturated rings. The van der Waals surface area contributed by atoms with Crippen molar-refractivity contribution in [2.24, 2.45) is 0 Å². The van der Waals surface area contributed by atoms with Crippen LogP contribution in [0.4, 0.5) is 9.18 Å². The molecule has 0 heterocycles. The molecule has 0 aromatic heterocycles. The molecule has 4 heteroatoms. The summed E-state index contributed by atoms with van der Waals surface area (Å²) in [6.07, 6.45) is 3.98. The highest BCUT2D eigenvalue weighted by Gasteiger charge is 1.97. The number of hydrogen-bond donors (Lipinski definition) is 2. The maximum absolute atomic E-state index is 12.6. The second-order valence-corrected chi connectivity index (χ2v) is 3.28. The molecule has 0 bridgehead atoms. The Morgan fingerprint density at radius 3 is 2.69 bits per heavy atom. The molecule has 0 saturated carbocycles. The monoisotopic (exact) mass is 222 g/mol. The van der Waals surface area contributed by atoms with Gasteiger partial charge in [0.15, 0.2) is 0 Å². The predicted molar refractivity (Wildman–Crippen MR) is 61.5 cm³/mol. The Morgan fingerprint density at radius 2 is 2.06 bits per heavy atom. The molecule has 0 radical (unpaired) electrons. The SMILES string of the molecule is C/C=C/NC(=O)NCCc1ccc(F)cc1. The molecule has 0 unspecified atom stereocenters. The summed E-state index contributed by atoms with van der Waals surface area (Å²) in [5.41, 5.74) is 0.993. The van der Waals surface area contributed by atoms with Crippen LogP contribution in [0.25, 0.3) is 0 Å². The van der Waals surface area contributed by atoms with Gasteiger partial charge in [-0.3, -0.25) is 0 Å². The number of halogens is 1. The van der Waals surface area contributed by atoms with E-state index in [0.29, 0.717) is 13.0 Å². The summed E-state index contributed by atoms with van der Waals surface area (Å²) in [6.45, 7) is 2.34. The van der Waals surface area contributed by atoms with Crippen LogP contribution in [-0.2, 0) is 6.42 Å². The van der Waals surface area contributed by atoms with E-state index in [4.69, 9.17) is 0 Å². The fraction of sp³-hybridized carbons (Fsp3) is 0.250. The molecule has 1 aromatic carbocycles. The van der Waals surface area contributed by atoms with Gasteiger partial charge in [-0.15, -0.1) is 0 Å². The molecule has 2 N–H and O–H groups in total. The predicted octanol–water partition coefficient (Wildman–Crippen LogP) is 2.20. The van der Waals surface area contributed by atoms with Crippen molar-refractivity contribution in [2.45, 2.75) is 13.3 Å². The van der Waals surface area contributed by atoms with Gasteiger partial charge in [0.05, 0.1) is 0 Å². The first-order valence-corrected chi connectivity index (χ1v) is 5.12. The van der Waals surface area contributed by atoms with Crippen LogP contribution < -0.4 is 10.6 Å². The molecule has 1 aromatic rings. The van der Waals surface area contributed by atoms with E-state index in [2.05, 4.69) is 10.6 Å². The van der Waals surface area contributed by atoms with E-state index >= 15 is 0 Å². The van der Waals surface area contributed by atoms with Crippen molar-refractivity contribution in [2.75, 3.05) is 6.54 Å². The summed E-state index contributed by atoms with van der Waals surface area (Å²) < 4.78 is 12.6. The van der Waals surface area contributed by atoms with Gasteiger partial charge in [0.2, 0.25) is 0 Å². The van der Waals surface area contributed by atoms with E-state index < -0.39 is 0 Å². The number of allylic oxidation sites excluding steroid dienone is 1. The number of hydrogen-bond acceptors (Lipinski definition) is 1. The Hall–Kier alpha value is -1.84. The average Bonchev–Trinajstić information content (AvgIpc) is 2.29. The molecule has 16 heavy (non-hydrogen) atoms. The Balaban J connectivity index is 2.25. The first-order chi connectivity index (χ1) is 7.72. The minimum absolute atomic E-state index is 0.236. The third-order valence-electron chi connectivity index (χ3n) is 1.99. The molecule has 0 saturated heterocycles. The van der Waals surface area contributed by atoms with Crippen molar-refractivity contribution in [3.8, 4) is 0 Å². The van der Waals surface area contributed by atoms with E-state index in [-0.39, 0.29) is 11.8 Å². The highest BCUT2D eigenvalue weighted by Crippen LogP contribution is 2.02. The maximum Gasteiger partial charge on any atom is 0.318 e. The largest absolute Gasteiger partial charge is 0.338 e. The number of rotatable bonds is 4. The van der Waals surface area contributed by atoms with Crippen LogP contribution in [-0.4, -0.2) is 12.6 Å². The highest BCUT2D eigenvalue weighted by molar-refractivity contribution is 5.74. The van der Waals surface area contributed by atoms with Gasteiger partial charge in [-0.2, -0.15) is 0 Å². The first-order valence-electron chi connectivity index (χ1n) is 5.12. The lowest BCUT2D eigenvalue weighted by molar-refractivity contribution is 0.244. The normalized spacial score (nSPS) is 10.4. The summed E-state index contributed by atoms with van der Waals surface area (Å²) in [4.78, 5) is 11.1. The summed E-state index contributed by atoms with van der Waals surface area (Å²) in [5, 5.41) is 5.22. The van der Waals surface area contributed by atoms with Gasteiger partial charge in [-0.1, -0.05) is 18.2 Å². The van der Waals surface area contributed by atoms with Gasteiger partial charge < -0.3 is 10.6 Å². The molecule has 0 aliphatic heterocycles. The third-order valence-corrected chi connectivity index (χ3v) is 1.99. The molecular formula is C12H15FN2O. The van der Waals surface area contributed by atoms with Crippen molar-refractivity contribution >= 4 is 6.03 Å². The van der Waals surface area contributed by atoms with E-state index in [1.165, 1.54) is 12.1 Å². The quantitative estimate of drug-likeness (QED) is 0.805. The van der Waals surface area contributed by atoms with E-state index in [1.54, 1.807) is 24.4 Å². The number of carbonyl (C=O) groups is 1. The Bertz CT molecular complexity index is 360. The number of nitrogens with one attached hydrogen (secondary N) is 2. The zero-order chi connectivity index (χ0) is 11.8. The van der Waals surface area contributed by atoms with Crippen LogP contribution in [0.5, 0.6) is 0 Å². The minimum Gasteiger partial charge on any atom is -0.338 e. The number of benzene rings is 1. The van der Waals surface area contributed by atoms with Gasteiger partial charge in [-0.25, -0.2) is 9.18 Å². The molecule has 0 aliphatic carbocycles. The van der Waals surface area contributed by atoms with Gasteiger partial charge >= 0.3 is 6.03 Å². The lowest BCUT2D eigenvalue weighted by atomic mass is 10.1. The zero-order valence-electron chi connectivity index (χ0n) is 9.16. The van der Waals surface area contributed by atoms with Crippen LogP contribution in [0.3, 0.4) is 0 Å². The smallest absolute Gasteiger partial charge is 0.318 e. The Labute approximate surface area is 94.4 Å². The maximum atomic E-state index is 12.6. The van der Waals surface area contributed by atoms with Crippen LogP contribution >= 0.6 is 0 Å². The van der Waals surface area contributed by atoms with E-state index in [9.17, 15) is 9.18 Å². The van der Waals surface area contributed by atoms with Crippen LogP contribution in [0, 0.1) is 5.82 Å². The Morgan fingerprint density at radius 1 is 1.38 bits per heavy atom. The molecule has 0 aliphatic rings. The van der Waals surface area contributed by atoms with Gasteiger partial charge in [0.25, 0.3) is 0 Å². The fourth-order valence-electron chi connectivity index (χ4n) is 1.18. The van der Waals surface area contributed by atoms with E-state index in [1.807, 2.05) is 6.92 Å². The molecule has 0 spiro atoms. The van der Waals surface area contributed by atoms with E-state index in [0.717, 1.165) is 5.56 Å². The summed E-state index contributed by atoms with van der Waals surface area (Å²) in [7, 11) is 0. The topological polar surface area (TPSA) is 41.1 Å². The van der Waals surface area contributed by atoms with Gasteiger partial charge in [0.1, 0.15) is 5.82 Å². The second-order valence-electron chi connectivity index (χ2n) is 3.28. The van der Waals surface area contributed by atoms with Crippen molar-refractivity contribution < 1.29 is 9.18 Å². The zero-order valence-corrected chi connectivity index (χ0v) is 9.16. The van der Waals surface area contributed by atoms with Crippen molar-refractivity contribution in [3.63, 3.8) is 0 Å². The summed E-state index contributed by atoms with van der Waals surface area (Å²) in [5.74, 6) is -0.248. The van der Waals surface area contributed by atoms with Crippen LogP contribution in [0.1, 0.15) is 12.5 Å². The third kappa shape index (κ3) is 4.59. The number of carbonyl (C=O) groups excluding carboxylic acids is 1. The van der Waals surface area contributed by atoms with Crippen molar-refractivity contribution in [1.82, 2.24) is 10.6 Å². The molecular weight excluding hydrogens is 207 g/mol. The Kier molecular flexibility index (Phi) is 5.05. The molecule has 86 valence electrons. The molecule has 3 nitrogen and oxygen atoms in total. The standard InChI is InChI=1S/C12H15FN2O/c1-2-8-14-12(16)15-9-7-10-3-5-11(13)6-4-10/h2-6,8H,7,9H2,1H3,(H2,14,15,16)/b8-2+. The van der Waals surface area contributed by atoms with Crippen LogP contribution in [0.2, 0.25) is 0 Å². The molecule has 2 amide bonds. The fourth-order valence-corrected chi connectivity index (χ4v) is 1.18. The number of urea groups is 1. The summed E-state index contributed by atoms with van der Waals surface area (Å²) in [6, 6.07) is 6.01. The lowest BCUT2D eigenvalue weighted by Crippen LogP contribution is -2.33. The molecule has 1 rings (SSSR count). The second kappa shape index (κ2) is 6.61. The van der Waals surface area contributed by atoms with Crippen molar-refractivity contribution in [3.05, 3.63) is 47.9 Å². The average molecular weight is 222 g/mol. The molecule has 0 atom stereocenters. The van der Waals surface area contributed by atoms with Crippen LogP contribution in [0.15, 0.2) is 36.5 Å². The van der Waals surface area contributed by atoms with Crippen molar-refractivity contribution in [1.29, 1.82) is 0 Å². The van der Waals surface area contributed by atoms with Gasteiger partial charge in [-0.05, 0) is 31.0 Å². The minimum atomic E-state index is -0.248.